The lowest BCUT2D eigenvalue weighted by Gasteiger charge is -2.34. The van der Waals surface area contributed by atoms with Crippen LogP contribution in [0.25, 0.3) is 54.3 Å². The predicted molar refractivity (Wildman–Crippen MR) is 237 cm³/mol. The zero-order valence-corrected chi connectivity index (χ0v) is 31.5. The molecule has 11 rings (SSSR count). The van der Waals surface area contributed by atoms with E-state index in [0.29, 0.717) is 0 Å². The van der Waals surface area contributed by atoms with E-state index in [1.54, 1.807) is 0 Å². The third kappa shape index (κ3) is 5.26. The Balaban J connectivity index is 1.14. The molecule has 0 N–H and O–H groups in total. The number of rotatable bonds is 6. The van der Waals surface area contributed by atoms with Crippen molar-refractivity contribution in [3.05, 3.63) is 193 Å². The summed E-state index contributed by atoms with van der Waals surface area (Å²) in [6.07, 6.45) is 2.06. The number of furan rings is 1. The van der Waals surface area contributed by atoms with Gasteiger partial charge in [-0.25, -0.2) is 0 Å². The molecule has 3 nitrogen and oxygen atoms in total. The Morgan fingerprint density at radius 1 is 0.429 bits per heavy atom. The van der Waals surface area contributed by atoms with Crippen molar-refractivity contribution < 1.29 is 4.42 Å². The molecule has 9 aromatic carbocycles. The van der Waals surface area contributed by atoms with Crippen molar-refractivity contribution in [3.8, 4) is 0 Å². The zero-order valence-electron chi connectivity index (χ0n) is 31.5. The number of fused-ring (bicyclic) bond motifs is 6. The normalized spacial score (nSPS) is 13.5. The highest BCUT2D eigenvalue weighted by Crippen LogP contribution is 2.50. The summed E-state index contributed by atoms with van der Waals surface area (Å²) in [5.74, 6) is 0. The summed E-state index contributed by atoms with van der Waals surface area (Å²) in [6, 6.07) is 66.1. The minimum Gasteiger partial charge on any atom is -0.456 e. The molecule has 0 unspecified atom stereocenters. The minimum atomic E-state index is -0.0540. The van der Waals surface area contributed by atoms with Crippen LogP contribution in [-0.4, -0.2) is 0 Å². The van der Waals surface area contributed by atoms with E-state index < -0.39 is 0 Å². The monoisotopic (exact) mass is 720 g/mol. The van der Waals surface area contributed by atoms with E-state index >= 15 is 0 Å². The molecule has 268 valence electrons. The number of aryl methyl sites for hydroxylation is 1. The Morgan fingerprint density at radius 3 is 1.57 bits per heavy atom. The largest absolute Gasteiger partial charge is 0.456 e. The molecule has 0 bridgehead atoms. The van der Waals surface area contributed by atoms with Crippen LogP contribution in [0.5, 0.6) is 0 Å². The second-order valence-corrected chi connectivity index (χ2v) is 15.9. The van der Waals surface area contributed by atoms with E-state index in [1.165, 1.54) is 49.1 Å². The van der Waals surface area contributed by atoms with Crippen molar-refractivity contribution in [2.75, 3.05) is 9.80 Å². The van der Waals surface area contributed by atoms with Crippen LogP contribution >= 0.6 is 0 Å². The van der Waals surface area contributed by atoms with Gasteiger partial charge in [0.1, 0.15) is 11.2 Å². The first-order valence-corrected chi connectivity index (χ1v) is 19.6. The van der Waals surface area contributed by atoms with Gasteiger partial charge in [0.15, 0.2) is 0 Å². The maximum atomic E-state index is 6.94. The lowest BCUT2D eigenvalue weighted by Crippen LogP contribution is -2.23. The highest BCUT2D eigenvalue weighted by molar-refractivity contribution is 6.15. The van der Waals surface area contributed by atoms with Gasteiger partial charge in [0, 0.05) is 50.5 Å². The van der Waals surface area contributed by atoms with Gasteiger partial charge in [-0.1, -0.05) is 111 Å². The molecular formula is C53H40N2O. The van der Waals surface area contributed by atoms with Crippen LogP contribution in [0.3, 0.4) is 0 Å². The first-order valence-electron chi connectivity index (χ1n) is 19.6. The van der Waals surface area contributed by atoms with Crippen LogP contribution in [-0.2, 0) is 11.8 Å². The highest BCUT2D eigenvalue weighted by atomic mass is 16.3. The van der Waals surface area contributed by atoms with Crippen LogP contribution in [0.1, 0.15) is 31.4 Å². The van der Waals surface area contributed by atoms with Gasteiger partial charge in [-0.15, -0.1) is 0 Å². The summed E-state index contributed by atoms with van der Waals surface area (Å²) in [4.78, 5) is 4.77. The first-order chi connectivity index (χ1) is 27.5. The van der Waals surface area contributed by atoms with E-state index in [4.69, 9.17) is 4.42 Å². The van der Waals surface area contributed by atoms with Crippen molar-refractivity contribution in [2.45, 2.75) is 32.1 Å². The number of benzene rings is 9. The second kappa shape index (κ2) is 12.6. The molecule has 0 aliphatic heterocycles. The number of anilines is 6. The van der Waals surface area contributed by atoms with E-state index in [-0.39, 0.29) is 5.41 Å². The van der Waals surface area contributed by atoms with Crippen LogP contribution in [0.15, 0.2) is 186 Å². The fraction of sp³-hybridized carbons (Fsp3) is 0.0943. The van der Waals surface area contributed by atoms with Crippen molar-refractivity contribution in [1.29, 1.82) is 0 Å². The Labute approximate surface area is 326 Å². The van der Waals surface area contributed by atoms with Gasteiger partial charge in [0.25, 0.3) is 0 Å². The Kier molecular flexibility index (Phi) is 7.34. The summed E-state index contributed by atoms with van der Waals surface area (Å²) in [6.45, 7) is 4.78. The topological polar surface area (TPSA) is 19.6 Å². The van der Waals surface area contributed by atoms with Crippen LogP contribution in [0.4, 0.5) is 34.1 Å². The molecule has 0 spiro atoms. The number of hydrogen-bond acceptors (Lipinski definition) is 3. The number of para-hydroxylation sites is 2. The van der Waals surface area contributed by atoms with E-state index in [9.17, 15) is 0 Å². The van der Waals surface area contributed by atoms with Gasteiger partial charge in [-0.05, 0) is 141 Å². The summed E-state index contributed by atoms with van der Waals surface area (Å²) < 4.78 is 6.94. The molecule has 10 aromatic rings. The Morgan fingerprint density at radius 2 is 0.946 bits per heavy atom. The summed E-state index contributed by atoms with van der Waals surface area (Å²) in [5, 5.41) is 9.79. The van der Waals surface area contributed by atoms with Crippen LogP contribution < -0.4 is 9.80 Å². The highest BCUT2D eigenvalue weighted by Gasteiger charge is 2.33. The van der Waals surface area contributed by atoms with Crippen LogP contribution in [0.2, 0.25) is 0 Å². The van der Waals surface area contributed by atoms with Crippen molar-refractivity contribution >= 4 is 88.4 Å². The lowest BCUT2D eigenvalue weighted by molar-refractivity contribution is 0.471. The molecule has 0 atom stereocenters. The van der Waals surface area contributed by atoms with Crippen LogP contribution in [0, 0.1) is 0 Å². The summed E-state index contributed by atoms with van der Waals surface area (Å²) in [7, 11) is 0. The predicted octanol–water partition coefficient (Wildman–Crippen LogP) is 15.2. The van der Waals surface area contributed by atoms with Gasteiger partial charge in [-0.2, -0.15) is 0 Å². The smallest absolute Gasteiger partial charge is 0.139 e. The van der Waals surface area contributed by atoms with E-state index in [1.807, 2.05) is 0 Å². The van der Waals surface area contributed by atoms with Crippen molar-refractivity contribution in [1.82, 2.24) is 0 Å². The molecule has 1 aromatic heterocycles. The molecule has 0 fully saturated rings. The molecule has 0 radical (unpaired) electrons. The first kappa shape index (κ1) is 32.6. The SMILES string of the molecule is CC1(C)CCc2cc(N(c3ccccc3)c3ccc4ccccc4c3)cc3cc4c(oc5ccc(N(c6ccccc6)c6ccc7ccccc7c6)cc54)c1c23. The standard InChI is InChI=1S/C53H40N2O/c1-53(2)28-27-39-31-46(55(42-19-7-4-8-20-42)44-24-22-36-14-10-12-16-38(36)30-44)32-40-33-48-47-34-45(25-26-49(47)56-52(48)51(53)50(39)40)54(41-17-5-3-6-18-41)43-23-21-35-13-9-11-15-37(35)29-43/h3-26,29-34H,27-28H2,1-2H3. The number of hydrogen-bond donors (Lipinski definition) is 0. The van der Waals surface area contributed by atoms with Gasteiger partial charge in [-0.3, -0.25) is 0 Å². The Hall–Kier alpha value is -6.84. The molecule has 1 aliphatic rings. The molecule has 1 heterocycles. The molecule has 56 heavy (non-hydrogen) atoms. The minimum absolute atomic E-state index is 0.0540. The summed E-state index contributed by atoms with van der Waals surface area (Å²) in [5.41, 5.74) is 11.3. The maximum Gasteiger partial charge on any atom is 0.139 e. The molecule has 0 saturated carbocycles. The van der Waals surface area contributed by atoms with Gasteiger partial charge < -0.3 is 14.2 Å². The average molecular weight is 721 g/mol. The quantitative estimate of drug-likeness (QED) is 0.170. The molecule has 1 aliphatic carbocycles. The fourth-order valence-electron chi connectivity index (χ4n) is 9.19. The lowest BCUT2D eigenvalue weighted by atomic mass is 9.71. The zero-order chi connectivity index (χ0) is 37.4. The fourth-order valence-corrected chi connectivity index (χ4v) is 9.19. The Bertz CT molecular complexity index is 3120. The number of nitrogens with zero attached hydrogens (tertiary/aromatic N) is 2. The molecule has 0 amide bonds. The summed E-state index contributed by atoms with van der Waals surface area (Å²) >= 11 is 0. The van der Waals surface area contributed by atoms with Crippen molar-refractivity contribution in [3.63, 3.8) is 0 Å². The maximum absolute atomic E-state index is 6.94. The van der Waals surface area contributed by atoms with E-state index in [2.05, 4.69) is 206 Å². The molecule has 0 saturated heterocycles. The molecular weight excluding hydrogens is 681 g/mol. The molecule has 3 heteroatoms. The van der Waals surface area contributed by atoms with Crippen molar-refractivity contribution in [2.24, 2.45) is 0 Å². The van der Waals surface area contributed by atoms with Gasteiger partial charge in [0.05, 0.1) is 0 Å². The second-order valence-electron chi connectivity index (χ2n) is 15.9. The van der Waals surface area contributed by atoms with E-state index in [0.717, 1.165) is 63.2 Å². The van der Waals surface area contributed by atoms with Gasteiger partial charge in [0.2, 0.25) is 0 Å². The van der Waals surface area contributed by atoms with Gasteiger partial charge >= 0.3 is 0 Å². The third-order valence-electron chi connectivity index (χ3n) is 11.9. The average Bonchev–Trinajstić information content (AvgIpc) is 3.60. The third-order valence-corrected chi connectivity index (χ3v) is 11.9.